The van der Waals surface area contributed by atoms with Crippen LogP contribution in [0.4, 0.5) is 24.5 Å². The first kappa shape index (κ1) is 16.6. The molecule has 1 atom stereocenters. The van der Waals surface area contributed by atoms with Gasteiger partial charge in [-0.25, -0.2) is 13.2 Å². The van der Waals surface area contributed by atoms with Crippen LogP contribution in [0.15, 0.2) is 54.6 Å². The normalized spacial score (nSPS) is 15.2. The summed E-state index contributed by atoms with van der Waals surface area (Å²) in [6.45, 7) is 0. The van der Waals surface area contributed by atoms with Gasteiger partial charge < -0.3 is 20.8 Å². The van der Waals surface area contributed by atoms with Gasteiger partial charge in [0.05, 0.1) is 11.2 Å². The summed E-state index contributed by atoms with van der Waals surface area (Å²) in [6.07, 6.45) is -0.907. The molecule has 0 spiro atoms. The van der Waals surface area contributed by atoms with E-state index < -0.39 is 23.7 Å². The fourth-order valence-corrected chi connectivity index (χ4v) is 3.67. The third kappa shape index (κ3) is 2.32. The molecular formula is C21H14F3N3O. The Morgan fingerprint density at radius 1 is 0.821 bits per heavy atom. The van der Waals surface area contributed by atoms with Crippen molar-refractivity contribution in [3.05, 3.63) is 77.6 Å². The Balaban J connectivity index is 1.82. The van der Waals surface area contributed by atoms with Gasteiger partial charge in [-0.1, -0.05) is 0 Å². The molecule has 4 nitrogen and oxygen atoms in total. The minimum Gasteiger partial charge on any atom is -0.465 e. The topological polar surface area (TPSA) is 66.2 Å². The number of hydrogen-bond donors (Lipinski definition) is 2. The number of halogens is 3. The molecule has 3 aromatic carbocycles. The van der Waals surface area contributed by atoms with Crippen LogP contribution in [0, 0.1) is 17.5 Å². The number of anilines is 2. The molecule has 7 heteroatoms. The second-order valence-corrected chi connectivity index (χ2v) is 6.74. The van der Waals surface area contributed by atoms with Crippen molar-refractivity contribution in [1.29, 1.82) is 0 Å². The van der Waals surface area contributed by atoms with Crippen LogP contribution in [0.25, 0.3) is 22.2 Å². The number of benzene rings is 3. The van der Waals surface area contributed by atoms with Gasteiger partial charge in [-0.3, -0.25) is 0 Å². The average Bonchev–Trinajstić information content (AvgIpc) is 3.03. The third-order valence-electron chi connectivity index (χ3n) is 4.91. The van der Waals surface area contributed by atoms with Crippen molar-refractivity contribution in [1.82, 2.24) is 4.57 Å². The molecule has 28 heavy (non-hydrogen) atoms. The summed E-state index contributed by atoms with van der Waals surface area (Å²) in [6, 6.07) is 14.4. The van der Waals surface area contributed by atoms with Crippen LogP contribution in [0.5, 0.6) is 5.75 Å². The maximum atomic E-state index is 13.9. The minimum atomic E-state index is -1.52. The lowest BCUT2D eigenvalue weighted by atomic mass is 10.1. The van der Waals surface area contributed by atoms with Crippen molar-refractivity contribution in [3.8, 4) is 17.0 Å². The summed E-state index contributed by atoms with van der Waals surface area (Å²) in [5, 5.41) is 0.844. The monoisotopic (exact) mass is 381 g/mol. The van der Waals surface area contributed by atoms with Crippen LogP contribution in [0.1, 0.15) is 11.8 Å². The molecule has 1 aliphatic rings. The predicted molar refractivity (Wildman–Crippen MR) is 101 cm³/mol. The summed E-state index contributed by atoms with van der Waals surface area (Å²) in [4.78, 5) is 0. The van der Waals surface area contributed by atoms with E-state index in [1.54, 1.807) is 28.8 Å². The molecule has 140 valence electrons. The van der Waals surface area contributed by atoms with Crippen molar-refractivity contribution >= 4 is 22.3 Å². The maximum absolute atomic E-state index is 13.9. The lowest BCUT2D eigenvalue weighted by Gasteiger charge is -2.30. The summed E-state index contributed by atoms with van der Waals surface area (Å²) in [5.74, 6) is -3.61. The molecule has 1 aromatic heterocycles. The van der Waals surface area contributed by atoms with E-state index in [-0.39, 0.29) is 5.56 Å². The van der Waals surface area contributed by atoms with Crippen LogP contribution in [0.2, 0.25) is 0 Å². The average molecular weight is 381 g/mol. The molecular weight excluding hydrogens is 367 g/mol. The summed E-state index contributed by atoms with van der Waals surface area (Å²) in [7, 11) is 0. The summed E-state index contributed by atoms with van der Waals surface area (Å²) < 4.78 is 49.2. The second-order valence-electron chi connectivity index (χ2n) is 6.74. The molecule has 0 radical (unpaired) electrons. The Morgan fingerprint density at radius 2 is 1.50 bits per heavy atom. The number of fused-ring (bicyclic) bond motifs is 5. The highest BCUT2D eigenvalue weighted by Gasteiger charge is 2.30. The first-order valence-corrected chi connectivity index (χ1v) is 8.54. The van der Waals surface area contributed by atoms with Gasteiger partial charge >= 0.3 is 0 Å². The zero-order valence-corrected chi connectivity index (χ0v) is 14.4. The van der Waals surface area contributed by atoms with Gasteiger partial charge in [0.25, 0.3) is 0 Å². The quantitative estimate of drug-likeness (QED) is 0.367. The molecule has 0 unspecified atom stereocenters. The van der Waals surface area contributed by atoms with Crippen LogP contribution in [-0.4, -0.2) is 4.57 Å². The van der Waals surface area contributed by atoms with Crippen molar-refractivity contribution in [2.24, 2.45) is 0 Å². The number of nitrogens with two attached hydrogens (primary N) is 2. The molecule has 0 amide bonds. The summed E-state index contributed by atoms with van der Waals surface area (Å²) >= 11 is 0. The molecule has 5 rings (SSSR count). The number of aromatic nitrogens is 1. The highest BCUT2D eigenvalue weighted by Crippen LogP contribution is 2.45. The largest absolute Gasteiger partial charge is 0.465 e. The molecule has 0 aliphatic carbocycles. The van der Waals surface area contributed by atoms with Gasteiger partial charge in [-0.05, 0) is 48.5 Å². The van der Waals surface area contributed by atoms with Crippen LogP contribution in [-0.2, 0) is 0 Å². The number of nitrogen functional groups attached to an aromatic ring is 2. The Morgan fingerprint density at radius 3 is 2.25 bits per heavy atom. The smallest absolute Gasteiger partial charge is 0.203 e. The number of ether oxygens (including phenoxy) is 1. The maximum Gasteiger partial charge on any atom is 0.203 e. The number of nitrogens with zero attached hydrogens (tertiary/aromatic N) is 1. The van der Waals surface area contributed by atoms with E-state index in [1.807, 2.05) is 18.2 Å². The lowest BCUT2D eigenvalue weighted by Crippen LogP contribution is -2.22. The molecule has 0 saturated carbocycles. The van der Waals surface area contributed by atoms with Crippen LogP contribution < -0.4 is 16.2 Å². The van der Waals surface area contributed by atoms with E-state index in [2.05, 4.69) is 0 Å². The third-order valence-corrected chi connectivity index (χ3v) is 4.91. The first-order valence-electron chi connectivity index (χ1n) is 8.54. The van der Waals surface area contributed by atoms with Crippen molar-refractivity contribution in [2.45, 2.75) is 6.23 Å². The summed E-state index contributed by atoms with van der Waals surface area (Å²) in [5.41, 5.74) is 15.3. The molecule has 2 heterocycles. The lowest BCUT2D eigenvalue weighted by molar-refractivity contribution is 0.172. The van der Waals surface area contributed by atoms with Crippen molar-refractivity contribution in [3.63, 3.8) is 0 Å². The Bertz CT molecular complexity index is 1240. The van der Waals surface area contributed by atoms with Gasteiger partial charge in [-0.15, -0.1) is 0 Å². The van der Waals surface area contributed by atoms with E-state index in [4.69, 9.17) is 16.2 Å². The molecule has 4 aromatic rings. The van der Waals surface area contributed by atoms with Crippen LogP contribution in [0.3, 0.4) is 0 Å². The van der Waals surface area contributed by atoms with E-state index in [9.17, 15) is 13.2 Å². The van der Waals surface area contributed by atoms with Gasteiger partial charge in [-0.2, -0.15) is 0 Å². The fraction of sp³-hybridized carbons (Fsp3) is 0.0476. The SMILES string of the molecule is Nc1ccc2c(c1)O[C@@H](c1cc(F)c(F)c(F)c1)n1c-2cc2cc(N)ccc21. The standard InChI is InChI=1S/C21H14F3N3O/c22-15-6-11(7-16(23)20(15)24)21-27-17-4-2-12(25)5-10(17)8-18(27)14-3-1-13(26)9-19(14)28-21/h1-9,21H,25-26H2/t21-/m0/s1. The minimum absolute atomic E-state index is 0.139. The predicted octanol–water partition coefficient (Wildman–Crippen LogP) is 4.83. The second kappa shape index (κ2) is 5.69. The van der Waals surface area contributed by atoms with E-state index >= 15 is 0 Å². The first-order chi connectivity index (χ1) is 13.4. The molecule has 4 N–H and O–H groups in total. The Kier molecular flexibility index (Phi) is 3.37. The Labute approximate surface area is 157 Å². The zero-order chi connectivity index (χ0) is 19.6. The number of rotatable bonds is 1. The van der Waals surface area contributed by atoms with Gasteiger partial charge in [0.1, 0.15) is 5.75 Å². The van der Waals surface area contributed by atoms with Crippen molar-refractivity contribution < 1.29 is 17.9 Å². The fourth-order valence-electron chi connectivity index (χ4n) is 3.67. The molecule has 0 bridgehead atoms. The molecule has 0 saturated heterocycles. The molecule has 0 fully saturated rings. The van der Waals surface area contributed by atoms with Gasteiger partial charge in [0.15, 0.2) is 17.5 Å². The highest BCUT2D eigenvalue weighted by atomic mass is 19.2. The van der Waals surface area contributed by atoms with Crippen LogP contribution >= 0.6 is 0 Å². The van der Waals surface area contributed by atoms with E-state index in [0.29, 0.717) is 17.1 Å². The Hall–Kier alpha value is -3.61. The highest BCUT2D eigenvalue weighted by molar-refractivity contribution is 5.91. The zero-order valence-electron chi connectivity index (χ0n) is 14.4. The van der Waals surface area contributed by atoms with Gasteiger partial charge in [0.2, 0.25) is 6.23 Å². The van der Waals surface area contributed by atoms with E-state index in [0.717, 1.165) is 34.3 Å². The van der Waals surface area contributed by atoms with Gasteiger partial charge in [0, 0.05) is 34.0 Å². The molecule has 1 aliphatic heterocycles. The van der Waals surface area contributed by atoms with E-state index in [1.165, 1.54) is 0 Å². The number of hydrogen-bond acceptors (Lipinski definition) is 3. The van der Waals surface area contributed by atoms with Crippen molar-refractivity contribution in [2.75, 3.05) is 11.5 Å².